The first kappa shape index (κ1) is 22.5. The molecule has 2 saturated heterocycles. The number of carbonyl (C=O) groups excluding carboxylic acids is 1. The highest BCUT2D eigenvalue weighted by molar-refractivity contribution is 5.76. The molecule has 0 atom stereocenters. The summed E-state index contributed by atoms with van der Waals surface area (Å²) in [4.78, 5) is 39.2. The van der Waals surface area contributed by atoms with Crippen LogP contribution in [0.2, 0.25) is 0 Å². The van der Waals surface area contributed by atoms with Crippen LogP contribution in [0.5, 0.6) is 0 Å². The molecular weight excluding hydrogens is 406 g/mol. The van der Waals surface area contributed by atoms with Crippen LogP contribution in [0.4, 0.5) is 5.95 Å². The number of ether oxygens (including phenoxy) is 1. The van der Waals surface area contributed by atoms with Crippen LogP contribution in [-0.4, -0.2) is 84.7 Å². The standard InChI is InChI=1S/C24H33N5O3/c1-19-21(23(31)26-24(25-19)29-15-17-32-18-16-29)7-8-22(30)28-13-11-27(12-14-28)10-9-20-5-3-2-4-6-20/h2-6H,7-18H2,1H3,(H,25,26,31). The Morgan fingerprint density at radius 1 is 1.03 bits per heavy atom. The van der Waals surface area contributed by atoms with Crippen LogP contribution < -0.4 is 10.5 Å². The molecule has 2 aliphatic heterocycles. The van der Waals surface area contributed by atoms with Gasteiger partial charge in [0, 0.05) is 63.5 Å². The monoisotopic (exact) mass is 439 g/mol. The molecule has 2 aliphatic rings. The molecule has 1 aromatic heterocycles. The first-order valence-corrected chi connectivity index (χ1v) is 11.6. The molecule has 8 heteroatoms. The minimum Gasteiger partial charge on any atom is -0.378 e. The quantitative estimate of drug-likeness (QED) is 0.699. The number of nitrogens with zero attached hydrogens (tertiary/aromatic N) is 4. The number of aromatic amines is 1. The molecule has 4 rings (SSSR count). The van der Waals surface area contributed by atoms with Crippen molar-refractivity contribution in [3.63, 3.8) is 0 Å². The van der Waals surface area contributed by atoms with Crippen molar-refractivity contribution in [2.75, 3.05) is 63.9 Å². The molecular formula is C24H33N5O3. The first-order chi connectivity index (χ1) is 15.6. The van der Waals surface area contributed by atoms with Crippen LogP contribution in [-0.2, 0) is 22.4 Å². The average molecular weight is 440 g/mol. The smallest absolute Gasteiger partial charge is 0.255 e. The Morgan fingerprint density at radius 2 is 1.75 bits per heavy atom. The van der Waals surface area contributed by atoms with Gasteiger partial charge >= 0.3 is 0 Å². The molecule has 1 amide bonds. The molecule has 3 heterocycles. The lowest BCUT2D eigenvalue weighted by Crippen LogP contribution is -2.49. The Hall–Kier alpha value is -2.71. The number of aromatic nitrogens is 2. The van der Waals surface area contributed by atoms with Gasteiger partial charge in [0.1, 0.15) is 0 Å². The van der Waals surface area contributed by atoms with Gasteiger partial charge in [0.2, 0.25) is 11.9 Å². The van der Waals surface area contributed by atoms with Crippen molar-refractivity contribution < 1.29 is 9.53 Å². The van der Waals surface area contributed by atoms with Crippen molar-refractivity contribution in [1.82, 2.24) is 19.8 Å². The van der Waals surface area contributed by atoms with Gasteiger partial charge in [-0.1, -0.05) is 30.3 Å². The van der Waals surface area contributed by atoms with E-state index in [4.69, 9.17) is 4.74 Å². The number of aryl methyl sites for hydroxylation is 1. The molecule has 1 aromatic carbocycles. The minimum absolute atomic E-state index is 0.115. The fourth-order valence-corrected chi connectivity index (χ4v) is 4.36. The lowest BCUT2D eigenvalue weighted by molar-refractivity contribution is -0.132. The largest absolute Gasteiger partial charge is 0.378 e. The van der Waals surface area contributed by atoms with Crippen molar-refractivity contribution >= 4 is 11.9 Å². The molecule has 0 spiro atoms. The Bertz CT molecular complexity index is 948. The summed E-state index contributed by atoms with van der Waals surface area (Å²) >= 11 is 0. The lowest BCUT2D eigenvalue weighted by atomic mass is 10.1. The minimum atomic E-state index is -0.141. The van der Waals surface area contributed by atoms with Crippen molar-refractivity contribution in [3.05, 3.63) is 57.5 Å². The van der Waals surface area contributed by atoms with Crippen LogP contribution in [0, 0.1) is 6.92 Å². The maximum atomic E-state index is 12.7. The predicted molar refractivity (Wildman–Crippen MR) is 124 cm³/mol. The maximum Gasteiger partial charge on any atom is 0.255 e. The number of anilines is 1. The number of piperazine rings is 1. The van der Waals surface area contributed by atoms with Crippen LogP contribution in [0.15, 0.2) is 35.1 Å². The van der Waals surface area contributed by atoms with Crippen molar-refractivity contribution in [2.45, 2.75) is 26.2 Å². The Balaban J connectivity index is 1.25. The van der Waals surface area contributed by atoms with Gasteiger partial charge in [0.05, 0.1) is 13.2 Å². The van der Waals surface area contributed by atoms with E-state index in [-0.39, 0.29) is 11.5 Å². The van der Waals surface area contributed by atoms with Gasteiger partial charge < -0.3 is 14.5 Å². The second-order valence-electron chi connectivity index (χ2n) is 8.51. The van der Waals surface area contributed by atoms with Gasteiger partial charge in [-0.2, -0.15) is 0 Å². The molecule has 0 radical (unpaired) electrons. The van der Waals surface area contributed by atoms with E-state index in [1.54, 1.807) is 0 Å². The average Bonchev–Trinajstić information content (AvgIpc) is 2.83. The second kappa shape index (κ2) is 10.7. The van der Waals surface area contributed by atoms with Gasteiger partial charge in [0.25, 0.3) is 5.56 Å². The van der Waals surface area contributed by atoms with E-state index in [0.29, 0.717) is 43.3 Å². The fourth-order valence-electron chi connectivity index (χ4n) is 4.36. The highest BCUT2D eigenvalue weighted by Gasteiger charge is 2.22. The number of hydrogen-bond donors (Lipinski definition) is 1. The molecule has 0 unspecified atom stereocenters. The van der Waals surface area contributed by atoms with E-state index < -0.39 is 0 Å². The summed E-state index contributed by atoms with van der Waals surface area (Å²) in [5, 5.41) is 0. The summed E-state index contributed by atoms with van der Waals surface area (Å²) < 4.78 is 5.36. The van der Waals surface area contributed by atoms with Crippen LogP contribution in [0.25, 0.3) is 0 Å². The van der Waals surface area contributed by atoms with Crippen LogP contribution in [0.3, 0.4) is 0 Å². The van der Waals surface area contributed by atoms with E-state index in [1.807, 2.05) is 22.8 Å². The zero-order chi connectivity index (χ0) is 22.3. The van der Waals surface area contributed by atoms with Gasteiger partial charge in [0.15, 0.2) is 0 Å². The van der Waals surface area contributed by atoms with Gasteiger partial charge in [-0.05, 0) is 25.3 Å². The summed E-state index contributed by atoms with van der Waals surface area (Å²) in [5.74, 6) is 0.710. The Morgan fingerprint density at radius 3 is 2.44 bits per heavy atom. The van der Waals surface area contributed by atoms with Crippen molar-refractivity contribution in [1.29, 1.82) is 0 Å². The molecule has 0 saturated carbocycles. The number of carbonyl (C=O) groups is 1. The summed E-state index contributed by atoms with van der Waals surface area (Å²) in [6, 6.07) is 10.5. The zero-order valence-electron chi connectivity index (χ0n) is 18.9. The molecule has 2 aromatic rings. The van der Waals surface area contributed by atoms with Gasteiger partial charge in [-0.25, -0.2) is 4.98 Å². The summed E-state index contributed by atoms with van der Waals surface area (Å²) in [6.45, 7) is 8.87. The summed E-state index contributed by atoms with van der Waals surface area (Å²) in [6.07, 6.45) is 1.79. The van der Waals surface area contributed by atoms with E-state index >= 15 is 0 Å². The summed E-state index contributed by atoms with van der Waals surface area (Å²) in [7, 11) is 0. The van der Waals surface area contributed by atoms with E-state index in [2.05, 4.69) is 39.1 Å². The SMILES string of the molecule is Cc1nc(N2CCOCC2)[nH]c(=O)c1CCC(=O)N1CCN(CCc2ccccc2)CC1. The molecule has 172 valence electrons. The Kier molecular flexibility index (Phi) is 7.55. The number of amides is 1. The predicted octanol–water partition coefficient (Wildman–Crippen LogP) is 1.23. The van der Waals surface area contributed by atoms with E-state index in [0.717, 1.165) is 52.2 Å². The zero-order valence-corrected chi connectivity index (χ0v) is 18.9. The third-order valence-electron chi connectivity index (χ3n) is 6.39. The molecule has 32 heavy (non-hydrogen) atoms. The Labute approximate surface area is 189 Å². The maximum absolute atomic E-state index is 12.7. The number of nitrogens with one attached hydrogen (secondary N) is 1. The normalized spacial score (nSPS) is 17.5. The molecule has 2 fully saturated rings. The van der Waals surface area contributed by atoms with E-state index in [9.17, 15) is 9.59 Å². The molecule has 0 bridgehead atoms. The highest BCUT2D eigenvalue weighted by Crippen LogP contribution is 2.13. The van der Waals surface area contributed by atoms with E-state index in [1.165, 1.54) is 5.56 Å². The summed E-state index contributed by atoms with van der Waals surface area (Å²) in [5.41, 5.74) is 2.52. The number of rotatable bonds is 7. The van der Waals surface area contributed by atoms with Crippen molar-refractivity contribution in [3.8, 4) is 0 Å². The second-order valence-corrected chi connectivity index (χ2v) is 8.51. The van der Waals surface area contributed by atoms with Crippen LogP contribution in [0.1, 0.15) is 23.2 Å². The number of benzene rings is 1. The molecule has 8 nitrogen and oxygen atoms in total. The number of morpholine rings is 1. The van der Waals surface area contributed by atoms with Crippen LogP contribution >= 0.6 is 0 Å². The van der Waals surface area contributed by atoms with Gasteiger partial charge in [-0.3, -0.25) is 19.5 Å². The highest BCUT2D eigenvalue weighted by atomic mass is 16.5. The fraction of sp³-hybridized carbons (Fsp3) is 0.542. The third kappa shape index (κ3) is 5.75. The molecule has 1 N–H and O–H groups in total. The topological polar surface area (TPSA) is 81.8 Å². The lowest BCUT2D eigenvalue weighted by Gasteiger charge is -2.34. The third-order valence-corrected chi connectivity index (χ3v) is 6.39. The van der Waals surface area contributed by atoms with Gasteiger partial charge in [-0.15, -0.1) is 0 Å². The number of hydrogen-bond acceptors (Lipinski definition) is 6. The molecule has 0 aliphatic carbocycles. The first-order valence-electron chi connectivity index (χ1n) is 11.6. The van der Waals surface area contributed by atoms with Crippen molar-refractivity contribution in [2.24, 2.45) is 0 Å². The number of H-pyrrole nitrogens is 1.